The number of carbonyl (C=O) groups is 1. The first-order chi connectivity index (χ1) is 11.3. The number of rotatable bonds is 6. The van der Waals surface area contributed by atoms with Crippen molar-refractivity contribution in [2.45, 2.75) is 60.5 Å². The minimum Gasteiger partial charge on any atom is -0.356 e. The maximum absolute atomic E-state index is 12.4. The van der Waals surface area contributed by atoms with E-state index in [0.29, 0.717) is 18.9 Å². The molecule has 0 saturated heterocycles. The number of nitrogens with zero attached hydrogens (tertiary/aromatic N) is 2. The zero-order valence-electron chi connectivity index (χ0n) is 15.6. The van der Waals surface area contributed by atoms with E-state index in [1.165, 1.54) is 5.56 Å². The van der Waals surface area contributed by atoms with Crippen LogP contribution in [0.4, 0.5) is 0 Å². The lowest BCUT2D eigenvalue weighted by atomic mass is 10.0. The summed E-state index contributed by atoms with van der Waals surface area (Å²) >= 11 is 0. The van der Waals surface area contributed by atoms with Gasteiger partial charge in [-0.3, -0.25) is 4.79 Å². The Morgan fingerprint density at radius 1 is 1.17 bits per heavy atom. The molecule has 2 aromatic rings. The Balaban J connectivity index is 2.18. The quantitative estimate of drug-likeness (QED) is 0.769. The Bertz CT molecular complexity index is 701. The molecular formula is C20H28N2O2. The number of aromatic nitrogens is 1. The highest BCUT2D eigenvalue weighted by atomic mass is 16.5. The Hall–Kier alpha value is -2.10. The number of hydrogen-bond acceptors (Lipinski definition) is 3. The van der Waals surface area contributed by atoms with Gasteiger partial charge in [0.25, 0.3) is 0 Å². The van der Waals surface area contributed by atoms with Crippen LogP contribution in [0.1, 0.15) is 50.9 Å². The molecule has 24 heavy (non-hydrogen) atoms. The van der Waals surface area contributed by atoms with Crippen molar-refractivity contribution in [3.63, 3.8) is 0 Å². The van der Waals surface area contributed by atoms with E-state index < -0.39 is 0 Å². The highest BCUT2D eigenvalue weighted by Gasteiger charge is 2.20. The van der Waals surface area contributed by atoms with Crippen LogP contribution >= 0.6 is 0 Å². The van der Waals surface area contributed by atoms with Gasteiger partial charge in [0.1, 0.15) is 5.69 Å². The van der Waals surface area contributed by atoms with Crippen LogP contribution < -0.4 is 0 Å². The van der Waals surface area contributed by atoms with Crippen molar-refractivity contribution in [3.05, 3.63) is 41.1 Å². The molecule has 2 rings (SSSR count). The van der Waals surface area contributed by atoms with Gasteiger partial charge >= 0.3 is 0 Å². The van der Waals surface area contributed by atoms with Gasteiger partial charge < -0.3 is 9.42 Å². The molecule has 1 amide bonds. The van der Waals surface area contributed by atoms with E-state index in [1.807, 2.05) is 24.8 Å². The normalized spacial score (nSPS) is 11.3. The lowest BCUT2D eigenvalue weighted by molar-refractivity contribution is -0.134. The molecule has 0 atom stereocenters. The van der Waals surface area contributed by atoms with E-state index in [0.717, 1.165) is 22.6 Å². The Morgan fingerprint density at radius 3 is 2.46 bits per heavy atom. The summed E-state index contributed by atoms with van der Waals surface area (Å²) in [5.41, 5.74) is 4.22. The zero-order chi connectivity index (χ0) is 17.9. The Kier molecular flexibility index (Phi) is 5.81. The van der Waals surface area contributed by atoms with Crippen molar-refractivity contribution >= 4 is 5.91 Å². The molecule has 0 unspecified atom stereocenters. The minimum atomic E-state index is 0.137. The smallest absolute Gasteiger partial charge is 0.223 e. The molecule has 130 valence electrons. The lowest BCUT2D eigenvalue weighted by Gasteiger charge is -2.26. The highest BCUT2D eigenvalue weighted by molar-refractivity contribution is 5.76. The van der Waals surface area contributed by atoms with Crippen LogP contribution in [0.25, 0.3) is 11.3 Å². The van der Waals surface area contributed by atoms with Gasteiger partial charge in [0.05, 0.1) is 6.54 Å². The predicted octanol–water partition coefficient (Wildman–Crippen LogP) is 4.74. The molecule has 0 fully saturated rings. The average Bonchev–Trinajstić information content (AvgIpc) is 2.91. The van der Waals surface area contributed by atoms with Gasteiger partial charge in [-0.1, -0.05) is 42.8 Å². The van der Waals surface area contributed by atoms with E-state index in [4.69, 9.17) is 4.52 Å². The van der Waals surface area contributed by atoms with Crippen molar-refractivity contribution in [2.24, 2.45) is 5.92 Å². The predicted molar refractivity (Wildman–Crippen MR) is 96.6 cm³/mol. The number of hydrogen-bond donors (Lipinski definition) is 0. The van der Waals surface area contributed by atoms with Gasteiger partial charge in [-0.05, 0) is 39.2 Å². The fourth-order valence-corrected chi connectivity index (χ4v) is 2.80. The molecule has 4 nitrogen and oxygen atoms in total. The van der Waals surface area contributed by atoms with Crippen molar-refractivity contribution < 1.29 is 9.32 Å². The van der Waals surface area contributed by atoms with Gasteiger partial charge in [-0.15, -0.1) is 0 Å². The molecule has 0 bridgehead atoms. The fraction of sp³-hybridized carbons (Fsp3) is 0.500. The molecule has 0 radical (unpaired) electrons. The molecular weight excluding hydrogens is 300 g/mol. The summed E-state index contributed by atoms with van der Waals surface area (Å²) in [6, 6.07) is 8.33. The van der Waals surface area contributed by atoms with Gasteiger partial charge in [-0.2, -0.15) is 0 Å². The van der Waals surface area contributed by atoms with Crippen LogP contribution in [-0.2, 0) is 11.3 Å². The molecule has 0 N–H and O–H groups in total. The third-order valence-electron chi connectivity index (χ3n) is 4.07. The van der Waals surface area contributed by atoms with Crippen molar-refractivity contribution in [2.75, 3.05) is 0 Å². The van der Waals surface area contributed by atoms with Crippen LogP contribution in [0, 0.1) is 19.8 Å². The van der Waals surface area contributed by atoms with E-state index in [-0.39, 0.29) is 11.9 Å². The first kappa shape index (κ1) is 18.2. The van der Waals surface area contributed by atoms with Crippen LogP contribution in [0.2, 0.25) is 0 Å². The van der Waals surface area contributed by atoms with Gasteiger partial charge in [-0.25, -0.2) is 0 Å². The molecule has 1 aromatic heterocycles. The summed E-state index contributed by atoms with van der Waals surface area (Å²) in [7, 11) is 0. The second-order valence-corrected chi connectivity index (χ2v) is 7.21. The maximum Gasteiger partial charge on any atom is 0.223 e. The highest BCUT2D eigenvalue weighted by Crippen LogP contribution is 2.25. The van der Waals surface area contributed by atoms with E-state index in [1.54, 1.807) is 0 Å². The largest absolute Gasteiger partial charge is 0.356 e. The van der Waals surface area contributed by atoms with Crippen molar-refractivity contribution in [3.8, 4) is 11.3 Å². The molecule has 0 saturated carbocycles. The van der Waals surface area contributed by atoms with Gasteiger partial charge in [0.2, 0.25) is 5.91 Å². The van der Waals surface area contributed by atoms with Crippen molar-refractivity contribution in [1.29, 1.82) is 0 Å². The molecule has 0 spiro atoms. The van der Waals surface area contributed by atoms with E-state index in [9.17, 15) is 4.79 Å². The van der Waals surface area contributed by atoms with Crippen LogP contribution in [0.5, 0.6) is 0 Å². The SMILES string of the molecule is Cc1ccc(-c2cc(CN(C(=O)CC(C)C)C(C)C)no2)c(C)c1. The monoisotopic (exact) mass is 328 g/mol. The average molecular weight is 328 g/mol. The second-order valence-electron chi connectivity index (χ2n) is 7.21. The molecule has 1 heterocycles. The summed E-state index contributed by atoms with van der Waals surface area (Å²) in [4.78, 5) is 14.3. The first-order valence-corrected chi connectivity index (χ1v) is 8.60. The zero-order valence-corrected chi connectivity index (χ0v) is 15.6. The third-order valence-corrected chi connectivity index (χ3v) is 4.07. The topological polar surface area (TPSA) is 46.3 Å². The standard InChI is InChI=1S/C20H28N2O2/c1-13(2)9-20(23)22(14(3)4)12-17-11-19(24-21-17)18-8-7-15(5)10-16(18)6/h7-8,10-11,13-14H,9,12H2,1-6H3. The summed E-state index contributed by atoms with van der Waals surface area (Å²) in [5, 5.41) is 4.17. The maximum atomic E-state index is 12.4. The first-order valence-electron chi connectivity index (χ1n) is 8.60. The molecule has 0 aliphatic rings. The Morgan fingerprint density at radius 2 is 1.88 bits per heavy atom. The van der Waals surface area contributed by atoms with Crippen molar-refractivity contribution in [1.82, 2.24) is 10.1 Å². The molecule has 0 aliphatic carbocycles. The molecule has 4 heteroatoms. The second kappa shape index (κ2) is 7.65. The Labute approximate surface area is 144 Å². The van der Waals surface area contributed by atoms with E-state index in [2.05, 4.69) is 51.1 Å². The lowest BCUT2D eigenvalue weighted by Crippen LogP contribution is -2.37. The number of benzene rings is 1. The third kappa shape index (κ3) is 4.47. The van der Waals surface area contributed by atoms with Gasteiger partial charge in [0, 0.05) is 24.1 Å². The number of aryl methyl sites for hydroxylation is 2. The van der Waals surface area contributed by atoms with Crippen LogP contribution in [0.15, 0.2) is 28.8 Å². The summed E-state index contributed by atoms with van der Waals surface area (Å²) in [6.45, 7) is 12.8. The summed E-state index contributed by atoms with van der Waals surface area (Å²) < 4.78 is 5.52. The molecule has 1 aromatic carbocycles. The number of carbonyl (C=O) groups excluding carboxylic acids is 1. The number of amides is 1. The summed E-state index contributed by atoms with van der Waals surface area (Å²) in [6.07, 6.45) is 0.556. The minimum absolute atomic E-state index is 0.137. The van der Waals surface area contributed by atoms with Crippen LogP contribution in [0.3, 0.4) is 0 Å². The molecule has 0 aliphatic heterocycles. The van der Waals surface area contributed by atoms with Crippen LogP contribution in [-0.4, -0.2) is 22.0 Å². The summed E-state index contributed by atoms with van der Waals surface area (Å²) in [5.74, 6) is 1.26. The van der Waals surface area contributed by atoms with E-state index >= 15 is 0 Å². The fourth-order valence-electron chi connectivity index (χ4n) is 2.80. The van der Waals surface area contributed by atoms with Gasteiger partial charge in [0.15, 0.2) is 5.76 Å².